The van der Waals surface area contributed by atoms with Crippen LogP contribution >= 0.6 is 12.4 Å². The average molecular weight is 260 g/mol. The molecule has 0 saturated carbocycles. The quantitative estimate of drug-likeness (QED) is 0.762. The third kappa shape index (κ3) is 4.54. The summed E-state index contributed by atoms with van der Waals surface area (Å²) in [5, 5.41) is 19.6. The van der Waals surface area contributed by atoms with E-state index in [1.54, 1.807) is 12.1 Å². The number of halogens is 1. The number of hydrogen-bond acceptors (Lipinski definition) is 3. The van der Waals surface area contributed by atoms with Gasteiger partial charge >= 0.3 is 0 Å². The Morgan fingerprint density at radius 2 is 2.00 bits per heavy atom. The highest BCUT2D eigenvalue weighted by Crippen LogP contribution is 2.27. The summed E-state index contributed by atoms with van der Waals surface area (Å²) in [7, 11) is 0. The van der Waals surface area contributed by atoms with Crippen molar-refractivity contribution in [3.05, 3.63) is 29.3 Å². The van der Waals surface area contributed by atoms with E-state index in [-0.39, 0.29) is 18.2 Å². The second-order valence-corrected chi connectivity index (χ2v) is 4.30. The van der Waals surface area contributed by atoms with Gasteiger partial charge in [0.15, 0.2) is 0 Å². The number of benzene rings is 1. The molecule has 0 aliphatic carbocycles. The van der Waals surface area contributed by atoms with Gasteiger partial charge in [0.1, 0.15) is 5.75 Å². The molecule has 3 nitrogen and oxygen atoms in total. The SMILES string of the molecule is CCCC[C@H](O)[C@H](N)c1ccc(C)cc1O.Cl. The molecule has 1 aromatic rings. The van der Waals surface area contributed by atoms with E-state index in [1.807, 2.05) is 13.0 Å². The Hall–Kier alpha value is -0.770. The van der Waals surface area contributed by atoms with E-state index >= 15 is 0 Å². The molecule has 0 fully saturated rings. The Morgan fingerprint density at radius 1 is 1.35 bits per heavy atom. The number of rotatable bonds is 5. The molecular formula is C13H22ClNO2. The van der Waals surface area contributed by atoms with Crippen LogP contribution in [-0.2, 0) is 0 Å². The predicted molar refractivity (Wildman–Crippen MR) is 72.6 cm³/mol. The van der Waals surface area contributed by atoms with Crippen LogP contribution in [0.4, 0.5) is 0 Å². The molecule has 0 aliphatic rings. The maximum absolute atomic E-state index is 9.86. The Kier molecular flexibility index (Phi) is 7.19. The Bertz CT molecular complexity index is 344. The van der Waals surface area contributed by atoms with Crippen molar-refractivity contribution in [2.45, 2.75) is 45.3 Å². The summed E-state index contributed by atoms with van der Waals surface area (Å²) < 4.78 is 0. The van der Waals surface area contributed by atoms with E-state index in [1.165, 1.54) is 0 Å². The monoisotopic (exact) mass is 259 g/mol. The lowest BCUT2D eigenvalue weighted by atomic mass is 9.97. The van der Waals surface area contributed by atoms with Crippen molar-refractivity contribution in [3.8, 4) is 5.75 Å². The van der Waals surface area contributed by atoms with Crippen LogP contribution in [0, 0.1) is 6.92 Å². The molecule has 0 aliphatic heterocycles. The molecular weight excluding hydrogens is 238 g/mol. The van der Waals surface area contributed by atoms with Crippen LogP contribution < -0.4 is 5.73 Å². The normalized spacial score (nSPS) is 13.9. The van der Waals surface area contributed by atoms with Crippen LogP contribution in [-0.4, -0.2) is 16.3 Å². The first-order chi connectivity index (χ1) is 7.56. The van der Waals surface area contributed by atoms with Crippen molar-refractivity contribution in [3.63, 3.8) is 0 Å². The summed E-state index contributed by atoms with van der Waals surface area (Å²) in [6.45, 7) is 3.98. The minimum absolute atomic E-state index is 0. The van der Waals surface area contributed by atoms with Gasteiger partial charge in [0.25, 0.3) is 0 Å². The summed E-state index contributed by atoms with van der Waals surface area (Å²) >= 11 is 0. The van der Waals surface area contributed by atoms with Crippen LogP contribution in [0.2, 0.25) is 0 Å². The Balaban J connectivity index is 0.00000256. The fourth-order valence-corrected chi connectivity index (χ4v) is 1.74. The number of nitrogens with two attached hydrogens (primary N) is 1. The topological polar surface area (TPSA) is 66.5 Å². The van der Waals surface area contributed by atoms with Gasteiger partial charge in [0.05, 0.1) is 12.1 Å². The number of aryl methyl sites for hydroxylation is 1. The third-order valence-corrected chi connectivity index (χ3v) is 2.81. The molecule has 0 aromatic heterocycles. The first-order valence-electron chi connectivity index (χ1n) is 5.79. The first kappa shape index (κ1) is 16.2. The summed E-state index contributed by atoms with van der Waals surface area (Å²) in [5.41, 5.74) is 7.52. The smallest absolute Gasteiger partial charge is 0.120 e. The Morgan fingerprint density at radius 3 is 2.53 bits per heavy atom. The number of aromatic hydroxyl groups is 1. The molecule has 0 radical (unpaired) electrons. The predicted octanol–water partition coefficient (Wildman–Crippen LogP) is 2.67. The van der Waals surface area contributed by atoms with Crippen molar-refractivity contribution in [2.75, 3.05) is 0 Å². The van der Waals surface area contributed by atoms with Crippen LogP contribution in [0.3, 0.4) is 0 Å². The van der Waals surface area contributed by atoms with Crippen molar-refractivity contribution in [1.29, 1.82) is 0 Å². The van der Waals surface area contributed by atoms with Gasteiger partial charge in [0, 0.05) is 5.56 Å². The zero-order chi connectivity index (χ0) is 12.1. The van der Waals surface area contributed by atoms with Crippen LogP contribution in [0.25, 0.3) is 0 Å². The molecule has 0 unspecified atom stereocenters. The summed E-state index contributed by atoms with van der Waals surface area (Å²) in [5.74, 6) is 0.169. The number of phenols is 1. The molecule has 4 N–H and O–H groups in total. The molecule has 1 rings (SSSR count). The van der Waals surface area contributed by atoms with Gasteiger partial charge in [-0.1, -0.05) is 31.9 Å². The van der Waals surface area contributed by atoms with Crippen molar-refractivity contribution in [1.82, 2.24) is 0 Å². The van der Waals surface area contributed by atoms with Crippen molar-refractivity contribution in [2.24, 2.45) is 5.73 Å². The molecule has 0 spiro atoms. The minimum Gasteiger partial charge on any atom is -0.508 e. The summed E-state index contributed by atoms with van der Waals surface area (Å²) in [6.07, 6.45) is 2.06. The standard InChI is InChI=1S/C13H21NO2.ClH/c1-3-4-5-11(15)13(14)10-7-6-9(2)8-12(10)16;/h6-8,11,13,15-16H,3-5,14H2,1-2H3;1H/t11-,13+;/m0./s1. The van der Waals surface area contributed by atoms with Gasteiger partial charge in [-0.15, -0.1) is 12.4 Å². The van der Waals surface area contributed by atoms with E-state index in [0.29, 0.717) is 12.0 Å². The fraction of sp³-hybridized carbons (Fsp3) is 0.538. The van der Waals surface area contributed by atoms with Gasteiger partial charge in [-0.2, -0.15) is 0 Å². The van der Waals surface area contributed by atoms with Crippen molar-refractivity contribution < 1.29 is 10.2 Å². The number of phenolic OH excluding ortho intramolecular Hbond substituents is 1. The maximum atomic E-state index is 9.86. The van der Waals surface area contributed by atoms with Crippen molar-refractivity contribution >= 4 is 12.4 Å². The van der Waals surface area contributed by atoms with Crippen LogP contribution in [0.5, 0.6) is 5.75 Å². The lowest BCUT2D eigenvalue weighted by Crippen LogP contribution is -2.26. The van der Waals surface area contributed by atoms with Gasteiger partial charge in [-0.05, 0) is 25.0 Å². The number of hydrogen-bond donors (Lipinski definition) is 3. The molecule has 0 bridgehead atoms. The van der Waals surface area contributed by atoms with E-state index in [4.69, 9.17) is 5.73 Å². The second-order valence-electron chi connectivity index (χ2n) is 4.30. The van der Waals surface area contributed by atoms with Gasteiger partial charge < -0.3 is 15.9 Å². The molecule has 0 amide bonds. The van der Waals surface area contributed by atoms with Crippen LogP contribution in [0.1, 0.15) is 43.4 Å². The molecule has 0 saturated heterocycles. The summed E-state index contributed by atoms with van der Waals surface area (Å²) in [6, 6.07) is 4.83. The highest BCUT2D eigenvalue weighted by atomic mass is 35.5. The second kappa shape index (κ2) is 7.54. The third-order valence-electron chi connectivity index (χ3n) is 2.81. The molecule has 4 heteroatoms. The molecule has 1 aromatic carbocycles. The highest BCUT2D eigenvalue weighted by Gasteiger charge is 2.19. The minimum atomic E-state index is -0.589. The van der Waals surface area contributed by atoms with E-state index in [2.05, 4.69) is 6.92 Å². The van der Waals surface area contributed by atoms with Crippen LogP contribution in [0.15, 0.2) is 18.2 Å². The fourth-order valence-electron chi connectivity index (χ4n) is 1.74. The zero-order valence-electron chi connectivity index (χ0n) is 10.4. The summed E-state index contributed by atoms with van der Waals surface area (Å²) in [4.78, 5) is 0. The molecule has 0 heterocycles. The van der Waals surface area contributed by atoms with Gasteiger partial charge in [0.2, 0.25) is 0 Å². The lowest BCUT2D eigenvalue weighted by molar-refractivity contribution is 0.131. The maximum Gasteiger partial charge on any atom is 0.120 e. The highest BCUT2D eigenvalue weighted by molar-refractivity contribution is 5.85. The number of aliphatic hydroxyl groups excluding tert-OH is 1. The first-order valence-corrected chi connectivity index (χ1v) is 5.79. The number of aliphatic hydroxyl groups is 1. The number of unbranched alkanes of at least 4 members (excludes halogenated alkanes) is 1. The zero-order valence-corrected chi connectivity index (χ0v) is 11.2. The van der Waals surface area contributed by atoms with E-state index in [9.17, 15) is 10.2 Å². The Labute approximate surface area is 109 Å². The largest absolute Gasteiger partial charge is 0.508 e. The average Bonchev–Trinajstić information content (AvgIpc) is 2.25. The van der Waals surface area contributed by atoms with Gasteiger partial charge in [-0.25, -0.2) is 0 Å². The lowest BCUT2D eigenvalue weighted by Gasteiger charge is -2.20. The molecule has 98 valence electrons. The van der Waals surface area contributed by atoms with Gasteiger partial charge in [-0.3, -0.25) is 0 Å². The van der Waals surface area contributed by atoms with E-state index in [0.717, 1.165) is 18.4 Å². The molecule has 17 heavy (non-hydrogen) atoms. The van der Waals surface area contributed by atoms with E-state index < -0.39 is 12.1 Å². The molecule has 2 atom stereocenters.